The van der Waals surface area contributed by atoms with Gasteiger partial charge in [-0.15, -0.1) is 0 Å². The Hall–Kier alpha value is -2.18. The van der Waals surface area contributed by atoms with E-state index in [0.717, 1.165) is 4.90 Å². The van der Waals surface area contributed by atoms with Gasteiger partial charge in [0.15, 0.2) is 0 Å². The molecule has 0 bridgehead atoms. The van der Waals surface area contributed by atoms with E-state index in [1.165, 1.54) is 0 Å². The van der Waals surface area contributed by atoms with Crippen molar-refractivity contribution in [3.63, 3.8) is 0 Å². The van der Waals surface area contributed by atoms with E-state index in [4.69, 9.17) is 0 Å². The molecule has 1 aromatic heterocycles. The summed E-state index contributed by atoms with van der Waals surface area (Å²) in [6, 6.07) is 1.12. The molecule has 0 aliphatic carbocycles. The maximum Gasteiger partial charge on any atom is 0.330 e. The number of nitrogens with zero attached hydrogens (tertiary/aromatic N) is 3. The summed E-state index contributed by atoms with van der Waals surface area (Å²) in [5.74, 6) is -0.906. The van der Waals surface area contributed by atoms with Crippen LogP contribution in [-0.2, 0) is 16.1 Å². The third-order valence-electron chi connectivity index (χ3n) is 3.87. The molecule has 0 saturated carbocycles. The van der Waals surface area contributed by atoms with Gasteiger partial charge in [-0.05, 0) is 18.9 Å². The summed E-state index contributed by atoms with van der Waals surface area (Å²) in [5.41, 5.74) is -1.13. The predicted molar refractivity (Wildman–Crippen MR) is 70.5 cm³/mol. The van der Waals surface area contributed by atoms with E-state index in [9.17, 15) is 14.4 Å². The lowest BCUT2D eigenvalue weighted by Crippen LogP contribution is -2.63. The molecule has 7 heteroatoms. The van der Waals surface area contributed by atoms with E-state index in [1.54, 1.807) is 37.0 Å². The molecule has 1 saturated heterocycles. The maximum atomic E-state index is 12.5. The minimum atomic E-state index is -1.13. The summed E-state index contributed by atoms with van der Waals surface area (Å²) in [7, 11) is 0. The Morgan fingerprint density at radius 2 is 1.90 bits per heavy atom. The molecule has 20 heavy (non-hydrogen) atoms. The summed E-state index contributed by atoms with van der Waals surface area (Å²) < 4.78 is 1.64. The lowest BCUT2D eigenvalue weighted by atomic mass is 9.78. The largest absolute Gasteiger partial charge is 0.330 e. The van der Waals surface area contributed by atoms with Gasteiger partial charge in [-0.1, -0.05) is 13.8 Å². The fraction of sp³-hybridized carbons (Fsp3) is 0.538. The molecule has 1 aromatic rings. The van der Waals surface area contributed by atoms with Crippen LogP contribution in [0.25, 0.3) is 0 Å². The number of rotatable bonds is 5. The van der Waals surface area contributed by atoms with Crippen LogP contribution in [0, 0.1) is 5.41 Å². The van der Waals surface area contributed by atoms with Crippen LogP contribution in [0.3, 0.4) is 0 Å². The van der Waals surface area contributed by atoms with E-state index in [0.29, 0.717) is 19.4 Å². The molecule has 1 aliphatic rings. The van der Waals surface area contributed by atoms with Crippen molar-refractivity contribution in [3.05, 3.63) is 18.5 Å². The average Bonchev–Trinajstić information content (AvgIpc) is 2.93. The van der Waals surface area contributed by atoms with Crippen LogP contribution in [0.4, 0.5) is 4.79 Å². The quantitative estimate of drug-likeness (QED) is 0.806. The standard InChI is InChI=1S/C13H18N4O3/c1-3-13(4-2)10(18)15-12(20)17(11(13)19)9-8-16-7-5-6-14-16/h5-7H,3-4,8-9H2,1-2H3,(H,15,18,20). The van der Waals surface area contributed by atoms with Crippen LogP contribution in [0.2, 0.25) is 0 Å². The van der Waals surface area contributed by atoms with E-state index in [1.807, 2.05) is 0 Å². The normalized spacial score (nSPS) is 18.3. The number of barbiturate groups is 1. The second-order valence-corrected chi connectivity index (χ2v) is 4.77. The number of hydrogen-bond donors (Lipinski definition) is 1. The third-order valence-corrected chi connectivity index (χ3v) is 3.87. The highest BCUT2D eigenvalue weighted by Crippen LogP contribution is 2.32. The van der Waals surface area contributed by atoms with Crippen molar-refractivity contribution in [2.24, 2.45) is 5.41 Å². The van der Waals surface area contributed by atoms with E-state index < -0.39 is 23.3 Å². The first kappa shape index (κ1) is 14.2. The van der Waals surface area contributed by atoms with Crippen LogP contribution in [0.1, 0.15) is 26.7 Å². The van der Waals surface area contributed by atoms with E-state index in [-0.39, 0.29) is 6.54 Å². The molecule has 0 spiro atoms. The van der Waals surface area contributed by atoms with Gasteiger partial charge < -0.3 is 0 Å². The van der Waals surface area contributed by atoms with Crippen LogP contribution < -0.4 is 5.32 Å². The number of amides is 4. The van der Waals surface area contributed by atoms with Crippen LogP contribution in [0.15, 0.2) is 18.5 Å². The van der Waals surface area contributed by atoms with Gasteiger partial charge in [-0.3, -0.25) is 24.5 Å². The Bertz CT molecular complexity index is 520. The molecule has 0 atom stereocenters. The molecule has 1 N–H and O–H groups in total. The van der Waals surface area contributed by atoms with Crippen molar-refractivity contribution in [1.29, 1.82) is 0 Å². The minimum Gasteiger partial charge on any atom is -0.277 e. The van der Waals surface area contributed by atoms with Crippen LogP contribution >= 0.6 is 0 Å². The molecule has 2 heterocycles. The van der Waals surface area contributed by atoms with Gasteiger partial charge in [0.2, 0.25) is 11.8 Å². The number of carbonyl (C=O) groups excluding carboxylic acids is 3. The maximum absolute atomic E-state index is 12.5. The first-order valence-electron chi connectivity index (χ1n) is 6.70. The predicted octanol–water partition coefficient (Wildman–Crippen LogP) is 0.768. The molecule has 108 valence electrons. The lowest BCUT2D eigenvalue weighted by Gasteiger charge is -2.38. The Balaban J connectivity index is 2.17. The molecule has 0 aromatic carbocycles. The van der Waals surface area contributed by atoms with Crippen molar-refractivity contribution >= 4 is 17.8 Å². The summed E-state index contributed by atoms with van der Waals surface area (Å²) in [6.45, 7) is 4.16. The zero-order valence-electron chi connectivity index (χ0n) is 11.6. The van der Waals surface area contributed by atoms with Gasteiger partial charge in [-0.2, -0.15) is 5.10 Å². The summed E-state index contributed by atoms with van der Waals surface area (Å²) in [5, 5.41) is 6.30. The number of nitrogens with one attached hydrogen (secondary N) is 1. The van der Waals surface area contributed by atoms with Gasteiger partial charge in [0.1, 0.15) is 5.41 Å². The molecule has 1 aliphatic heterocycles. The van der Waals surface area contributed by atoms with E-state index in [2.05, 4.69) is 10.4 Å². The van der Waals surface area contributed by atoms with Gasteiger partial charge in [0, 0.05) is 12.4 Å². The first-order chi connectivity index (χ1) is 9.55. The molecular weight excluding hydrogens is 260 g/mol. The Kier molecular flexibility index (Phi) is 3.87. The Morgan fingerprint density at radius 3 is 2.45 bits per heavy atom. The number of aromatic nitrogens is 2. The SMILES string of the molecule is CCC1(CC)C(=O)NC(=O)N(CCn2cccn2)C1=O. The third kappa shape index (κ3) is 2.19. The molecule has 7 nitrogen and oxygen atoms in total. The fourth-order valence-corrected chi connectivity index (χ4v) is 2.44. The number of imide groups is 2. The highest BCUT2D eigenvalue weighted by molar-refractivity contribution is 6.19. The summed E-state index contributed by atoms with van der Waals surface area (Å²) in [4.78, 5) is 37.4. The van der Waals surface area contributed by atoms with Crippen LogP contribution in [0.5, 0.6) is 0 Å². The zero-order chi connectivity index (χ0) is 14.8. The first-order valence-corrected chi connectivity index (χ1v) is 6.70. The monoisotopic (exact) mass is 278 g/mol. The zero-order valence-corrected chi connectivity index (χ0v) is 11.6. The number of hydrogen-bond acceptors (Lipinski definition) is 4. The molecular formula is C13H18N4O3. The molecule has 0 radical (unpaired) electrons. The van der Waals surface area contributed by atoms with Gasteiger partial charge in [0.05, 0.1) is 13.1 Å². The molecule has 0 unspecified atom stereocenters. The van der Waals surface area contributed by atoms with E-state index >= 15 is 0 Å². The Morgan fingerprint density at radius 1 is 1.20 bits per heavy atom. The average molecular weight is 278 g/mol. The minimum absolute atomic E-state index is 0.196. The van der Waals surface area contributed by atoms with Crippen molar-refractivity contribution in [1.82, 2.24) is 20.0 Å². The number of urea groups is 1. The van der Waals surface area contributed by atoms with Gasteiger partial charge >= 0.3 is 6.03 Å². The summed E-state index contributed by atoms with van der Waals surface area (Å²) >= 11 is 0. The smallest absolute Gasteiger partial charge is 0.277 e. The van der Waals surface area contributed by atoms with Crippen molar-refractivity contribution in [2.75, 3.05) is 6.54 Å². The molecule has 4 amide bonds. The fourth-order valence-electron chi connectivity index (χ4n) is 2.44. The van der Waals surface area contributed by atoms with Crippen molar-refractivity contribution < 1.29 is 14.4 Å². The van der Waals surface area contributed by atoms with Crippen molar-refractivity contribution in [2.45, 2.75) is 33.2 Å². The van der Waals surface area contributed by atoms with Gasteiger partial charge in [-0.25, -0.2) is 4.79 Å². The topological polar surface area (TPSA) is 84.3 Å². The lowest BCUT2D eigenvalue weighted by molar-refractivity contribution is -0.152. The second kappa shape index (κ2) is 5.44. The number of carbonyl (C=O) groups is 3. The Labute approximate surface area is 116 Å². The van der Waals surface area contributed by atoms with Crippen molar-refractivity contribution in [3.8, 4) is 0 Å². The van der Waals surface area contributed by atoms with Gasteiger partial charge in [0.25, 0.3) is 0 Å². The summed E-state index contributed by atoms with van der Waals surface area (Å²) in [6.07, 6.45) is 4.13. The highest BCUT2D eigenvalue weighted by atomic mass is 16.2. The van der Waals surface area contributed by atoms with Crippen LogP contribution in [-0.4, -0.2) is 39.1 Å². The molecule has 1 fully saturated rings. The second-order valence-electron chi connectivity index (χ2n) is 4.77. The highest BCUT2D eigenvalue weighted by Gasteiger charge is 2.51. The molecule has 2 rings (SSSR count).